The molecule has 0 unspecified atom stereocenters. The monoisotopic (exact) mass is 472 g/mol. The topological polar surface area (TPSA) is 140 Å². The summed E-state index contributed by atoms with van der Waals surface area (Å²) >= 11 is 6.41. The lowest BCUT2D eigenvalue weighted by atomic mass is 10.1. The molecule has 2 aromatic carbocycles. The number of halogens is 1. The van der Waals surface area contributed by atoms with Crippen molar-refractivity contribution in [2.45, 2.75) is 19.4 Å². The molecule has 170 valence electrons. The van der Waals surface area contributed by atoms with E-state index in [9.17, 15) is 10.1 Å². The Hall–Kier alpha value is -4.16. The Balaban J connectivity index is 1.80. The third-order valence-electron chi connectivity index (χ3n) is 6.01. The van der Waals surface area contributed by atoms with E-state index in [2.05, 4.69) is 23.0 Å². The first kappa shape index (κ1) is 21.7. The summed E-state index contributed by atoms with van der Waals surface area (Å²) < 4.78 is 1.59. The smallest absolute Gasteiger partial charge is 0.267 e. The quantitative estimate of drug-likeness (QED) is 0.462. The Morgan fingerprint density at radius 3 is 2.59 bits per heavy atom. The molecular formula is C24H21ClN8O. The molecule has 0 spiro atoms. The van der Waals surface area contributed by atoms with Crippen molar-refractivity contribution in [3.8, 4) is 11.8 Å². The van der Waals surface area contributed by atoms with Crippen LogP contribution in [0, 0.1) is 17.2 Å². The molecular weight excluding hydrogens is 452 g/mol. The number of nitrogens with zero attached hydrogens (tertiary/aromatic N) is 6. The van der Waals surface area contributed by atoms with Gasteiger partial charge in [-0.05, 0) is 36.6 Å². The van der Waals surface area contributed by atoms with Gasteiger partial charge in [0, 0.05) is 6.54 Å². The number of fused-ring (bicyclic) bond motifs is 1. The molecule has 1 saturated heterocycles. The number of aromatic nitrogens is 4. The van der Waals surface area contributed by atoms with Gasteiger partial charge in [0.2, 0.25) is 5.95 Å². The number of nitrogens with two attached hydrogens (primary N) is 2. The molecule has 5 rings (SSSR count). The van der Waals surface area contributed by atoms with Gasteiger partial charge in [0.1, 0.15) is 23.3 Å². The van der Waals surface area contributed by atoms with E-state index in [1.807, 2.05) is 35.2 Å². The van der Waals surface area contributed by atoms with Crippen LogP contribution in [0.5, 0.6) is 0 Å². The van der Waals surface area contributed by atoms with Crippen molar-refractivity contribution in [2.24, 2.45) is 5.92 Å². The minimum atomic E-state index is -0.368. The predicted molar refractivity (Wildman–Crippen MR) is 132 cm³/mol. The summed E-state index contributed by atoms with van der Waals surface area (Å²) in [5.74, 6) is 1.08. The van der Waals surface area contributed by atoms with E-state index in [1.54, 1.807) is 22.8 Å². The Labute approximate surface area is 200 Å². The van der Waals surface area contributed by atoms with Crippen LogP contribution in [0.4, 0.5) is 17.6 Å². The molecule has 0 amide bonds. The molecule has 9 nitrogen and oxygen atoms in total. The Morgan fingerprint density at radius 2 is 1.85 bits per heavy atom. The number of nitrogen functional groups attached to an aromatic ring is 2. The summed E-state index contributed by atoms with van der Waals surface area (Å²) in [4.78, 5) is 28.9. The minimum Gasteiger partial charge on any atom is -0.382 e. The van der Waals surface area contributed by atoms with Gasteiger partial charge in [0.15, 0.2) is 5.82 Å². The van der Waals surface area contributed by atoms with Crippen molar-refractivity contribution in [2.75, 3.05) is 22.9 Å². The highest BCUT2D eigenvalue weighted by Crippen LogP contribution is 2.40. The molecule has 3 heterocycles. The fraction of sp³-hybridized carbons (Fsp3) is 0.208. The highest BCUT2D eigenvalue weighted by Gasteiger charge is 2.37. The van der Waals surface area contributed by atoms with Gasteiger partial charge >= 0.3 is 0 Å². The minimum absolute atomic E-state index is 0.0157. The molecule has 4 aromatic rings. The Bertz CT molecular complexity index is 1510. The lowest BCUT2D eigenvalue weighted by Crippen LogP contribution is -2.32. The first-order chi connectivity index (χ1) is 16.4. The number of rotatable bonds is 3. The van der Waals surface area contributed by atoms with Crippen molar-refractivity contribution in [3.05, 3.63) is 75.3 Å². The van der Waals surface area contributed by atoms with Crippen LogP contribution in [0.2, 0.25) is 5.02 Å². The van der Waals surface area contributed by atoms with Crippen LogP contribution in [-0.4, -0.2) is 26.1 Å². The maximum absolute atomic E-state index is 13.8. The molecule has 10 heteroatoms. The molecule has 0 radical (unpaired) electrons. The van der Waals surface area contributed by atoms with Gasteiger partial charge in [-0.1, -0.05) is 42.8 Å². The maximum atomic E-state index is 13.8. The van der Waals surface area contributed by atoms with Crippen LogP contribution in [0.15, 0.2) is 53.3 Å². The standard InChI is InChI=1S/C24H21ClN8O/c1-13-10-18(32(12-13)21-15(11-26)20(27)30-24(28)31-21)22-29-17-9-5-8-16(25)19(17)23(34)33(22)14-6-3-2-4-7-14/h2-9,13,18H,10,12H2,1H3,(H4,27,28,30,31)/t13-,18+/m1/s1. The first-order valence-electron chi connectivity index (χ1n) is 10.8. The third kappa shape index (κ3) is 3.49. The zero-order valence-corrected chi connectivity index (χ0v) is 19.1. The molecule has 0 bridgehead atoms. The Morgan fingerprint density at radius 1 is 1.09 bits per heavy atom. The number of hydrogen-bond acceptors (Lipinski definition) is 8. The van der Waals surface area contributed by atoms with E-state index in [-0.39, 0.29) is 34.8 Å². The summed E-state index contributed by atoms with van der Waals surface area (Å²) in [5, 5.41) is 10.4. The number of para-hydroxylation sites is 1. The van der Waals surface area contributed by atoms with Crippen LogP contribution < -0.4 is 21.9 Å². The molecule has 1 fully saturated rings. The molecule has 0 saturated carbocycles. The SMILES string of the molecule is C[C@@H]1C[C@@H](c2nc3cccc(Cl)c3c(=O)n2-c2ccccc2)N(c2nc(N)nc(N)c2C#N)C1. The highest BCUT2D eigenvalue weighted by molar-refractivity contribution is 6.35. The van der Waals surface area contributed by atoms with E-state index in [0.717, 1.165) is 0 Å². The molecule has 2 atom stereocenters. The average Bonchev–Trinajstić information content (AvgIpc) is 3.20. The maximum Gasteiger partial charge on any atom is 0.267 e. The molecule has 34 heavy (non-hydrogen) atoms. The van der Waals surface area contributed by atoms with E-state index in [4.69, 9.17) is 28.1 Å². The second-order valence-corrected chi connectivity index (χ2v) is 8.77. The molecule has 2 aromatic heterocycles. The zero-order valence-electron chi connectivity index (χ0n) is 18.3. The third-order valence-corrected chi connectivity index (χ3v) is 6.33. The van der Waals surface area contributed by atoms with Crippen LogP contribution >= 0.6 is 11.6 Å². The summed E-state index contributed by atoms with van der Waals surface area (Å²) in [6.07, 6.45) is 0.681. The number of hydrogen-bond donors (Lipinski definition) is 2. The number of nitriles is 1. The number of benzene rings is 2. The van der Waals surface area contributed by atoms with Crippen molar-refractivity contribution in [1.82, 2.24) is 19.5 Å². The molecule has 1 aliphatic heterocycles. The highest BCUT2D eigenvalue weighted by atomic mass is 35.5. The summed E-state index contributed by atoms with van der Waals surface area (Å²) in [5.41, 5.74) is 12.9. The van der Waals surface area contributed by atoms with E-state index < -0.39 is 0 Å². The van der Waals surface area contributed by atoms with Crippen LogP contribution in [-0.2, 0) is 0 Å². The second kappa shape index (κ2) is 8.32. The zero-order chi connectivity index (χ0) is 24.0. The van der Waals surface area contributed by atoms with Crippen molar-refractivity contribution >= 4 is 40.1 Å². The summed E-state index contributed by atoms with van der Waals surface area (Å²) in [7, 11) is 0. The van der Waals surface area contributed by atoms with Crippen molar-refractivity contribution < 1.29 is 0 Å². The lowest BCUT2D eigenvalue weighted by molar-refractivity contribution is 0.584. The van der Waals surface area contributed by atoms with Gasteiger partial charge < -0.3 is 16.4 Å². The first-order valence-corrected chi connectivity index (χ1v) is 11.1. The van der Waals surface area contributed by atoms with Gasteiger partial charge in [-0.25, -0.2) is 4.98 Å². The van der Waals surface area contributed by atoms with Gasteiger partial charge in [-0.3, -0.25) is 9.36 Å². The summed E-state index contributed by atoms with van der Waals surface area (Å²) in [6.45, 7) is 2.67. The van der Waals surface area contributed by atoms with E-state index >= 15 is 0 Å². The van der Waals surface area contributed by atoms with E-state index in [0.29, 0.717) is 46.2 Å². The van der Waals surface area contributed by atoms with Gasteiger partial charge in [-0.15, -0.1) is 0 Å². The summed E-state index contributed by atoms with van der Waals surface area (Å²) in [6, 6.07) is 16.2. The predicted octanol–water partition coefficient (Wildman–Crippen LogP) is 3.45. The largest absolute Gasteiger partial charge is 0.382 e. The average molecular weight is 473 g/mol. The molecule has 1 aliphatic rings. The Kier molecular flexibility index (Phi) is 5.30. The van der Waals surface area contributed by atoms with Crippen LogP contribution in [0.25, 0.3) is 16.6 Å². The number of anilines is 3. The van der Waals surface area contributed by atoms with Gasteiger partial charge in [0.25, 0.3) is 5.56 Å². The fourth-order valence-corrected chi connectivity index (χ4v) is 4.83. The van der Waals surface area contributed by atoms with Crippen LogP contribution in [0.1, 0.15) is 30.8 Å². The van der Waals surface area contributed by atoms with Crippen molar-refractivity contribution in [3.63, 3.8) is 0 Å². The van der Waals surface area contributed by atoms with Gasteiger partial charge in [-0.2, -0.15) is 15.2 Å². The second-order valence-electron chi connectivity index (χ2n) is 8.37. The van der Waals surface area contributed by atoms with E-state index in [1.165, 1.54) is 0 Å². The molecule has 4 N–H and O–H groups in total. The van der Waals surface area contributed by atoms with Crippen molar-refractivity contribution in [1.29, 1.82) is 5.26 Å². The fourth-order valence-electron chi connectivity index (χ4n) is 4.58. The normalized spacial score (nSPS) is 17.7. The lowest BCUT2D eigenvalue weighted by Gasteiger charge is -2.28. The molecule has 0 aliphatic carbocycles. The van der Waals surface area contributed by atoms with Crippen LogP contribution in [0.3, 0.4) is 0 Å². The van der Waals surface area contributed by atoms with Gasteiger partial charge in [0.05, 0.1) is 27.7 Å².